The third-order valence-electron chi connectivity index (χ3n) is 3.34. The largest absolute Gasteiger partial charge is 0.301 e. The normalized spacial score (nSPS) is 11.5. The van der Waals surface area contributed by atoms with E-state index in [2.05, 4.69) is 55.0 Å². The highest BCUT2D eigenvalue weighted by Crippen LogP contribution is 2.31. The first-order valence-corrected chi connectivity index (χ1v) is 9.12. The fourth-order valence-corrected chi connectivity index (χ4v) is 4.01. The Balaban J connectivity index is 2.04. The molecule has 3 aromatic rings. The van der Waals surface area contributed by atoms with E-state index in [0.717, 1.165) is 21.7 Å². The summed E-state index contributed by atoms with van der Waals surface area (Å²) in [5, 5.41) is 3.43. The summed E-state index contributed by atoms with van der Waals surface area (Å²) in [4.78, 5) is 20.8. The zero-order chi connectivity index (χ0) is 15.7. The number of hydrogen-bond acceptors (Lipinski definition) is 4. The zero-order valence-electron chi connectivity index (χ0n) is 12.8. The molecule has 1 N–H and O–H groups in total. The molecule has 0 amide bonds. The summed E-state index contributed by atoms with van der Waals surface area (Å²) in [6, 6.07) is 8.23. The van der Waals surface area contributed by atoms with Crippen LogP contribution in [0.1, 0.15) is 19.4 Å². The van der Waals surface area contributed by atoms with Crippen LogP contribution in [0.5, 0.6) is 0 Å². The lowest BCUT2D eigenvalue weighted by Crippen LogP contribution is -2.09. The lowest BCUT2D eigenvalue weighted by molar-refractivity contribution is 0.748. The maximum absolute atomic E-state index is 12.5. The van der Waals surface area contributed by atoms with Crippen molar-refractivity contribution in [3.63, 3.8) is 0 Å². The summed E-state index contributed by atoms with van der Waals surface area (Å²) in [6.45, 7) is 6.37. The van der Waals surface area contributed by atoms with Crippen LogP contribution in [0, 0.1) is 12.8 Å². The number of aryl methyl sites for hydroxylation is 1. The number of aromatic amines is 1. The smallest absolute Gasteiger partial charge is 0.260 e. The van der Waals surface area contributed by atoms with Gasteiger partial charge in [-0.05, 0) is 18.4 Å². The summed E-state index contributed by atoms with van der Waals surface area (Å²) in [5.41, 5.74) is 3.19. The van der Waals surface area contributed by atoms with Gasteiger partial charge >= 0.3 is 0 Å². The maximum atomic E-state index is 12.5. The lowest BCUT2D eigenvalue weighted by Gasteiger charge is -2.04. The number of hydrogen-bond donors (Lipinski definition) is 1. The van der Waals surface area contributed by atoms with E-state index >= 15 is 0 Å². The van der Waals surface area contributed by atoms with Crippen LogP contribution in [0.15, 0.2) is 39.6 Å². The highest BCUT2D eigenvalue weighted by molar-refractivity contribution is 7.99. The lowest BCUT2D eigenvalue weighted by atomic mass is 10.1. The van der Waals surface area contributed by atoms with E-state index in [4.69, 9.17) is 0 Å². The van der Waals surface area contributed by atoms with Crippen molar-refractivity contribution in [2.75, 3.05) is 5.75 Å². The molecule has 0 bridgehead atoms. The van der Waals surface area contributed by atoms with Crippen LogP contribution in [-0.4, -0.2) is 15.7 Å². The quantitative estimate of drug-likeness (QED) is 0.557. The molecule has 0 aliphatic heterocycles. The Morgan fingerprint density at radius 1 is 1.27 bits per heavy atom. The predicted molar refractivity (Wildman–Crippen MR) is 96.0 cm³/mol. The van der Waals surface area contributed by atoms with Gasteiger partial charge in [0, 0.05) is 16.7 Å². The fraction of sp³-hybridized carbons (Fsp3) is 0.294. The number of benzene rings is 1. The van der Waals surface area contributed by atoms with E-state index in [1.54, 1.807) is 11.8 Å². The van der Waals surface area contributed by atoms with Crippen molar-refractivity contribution < 1.29 is 0 Å². The zero-order valence-corrected chi connectivity index (χ0v) is 14.5. The van der Waals surface area contributed by atoms with Crippen molar-refractivity contribution in [3.8, 4) is 11.1 Å². The topological polar surface area (TPSA) is 45.8 Å². The molecule has 0 aliphatic carbocycles. The molecule has 0 saturated heterocycles. The van der Waals surface area contributed by atoms with Crippen molar-refractivity contribution in [3.05, 3.63) is 45.6 Å². The number of thioether (sulfide) groups is 1. The number of thiophene rings is 1. The first-order chi connectivity index (χ1) is 10.5. The molecule has 3 rings (SSSR count). The molecule has 0 unspecified atom stereocenters. The van der Waals surface area contributed by atoms with E-state index in [0.29, 0.717) is 16.5 Å². The van der Waals surface area contributed by atoms with Crippen molar-refractivity contribution >= 4 is 33.3 Å². The molecule has 3 nitrogen and oxygen atoms in total. The highest BCUT2D eigenvalue weighted by Gasteiger charge is 2.13. The highest BCUT2D eigenvalue weighted by atomic mass is 32.2. The van der Waals surface area contributed by atoms with Crippen LogP contribution in [0.25, 0.3) is 21.3 Å². The molecule has 0 spiro atoms. The number of nitrogens with zero attached hydrogens (tertiary/aromatic N) is 1. The minimum atomic E-state index is -0.0481. The summed E-state index contributed by atoms with van der Waals surface area (Å²) < 4.78 is 0. The van der Waals surface area contributed by atoms with Gasteiger partial charge < -0.3 is 4.98 Å². The number of aromatic nitrogens is 2. The Bertz CT molecular complexity index is 847. The van der Waals surface area contributed by atoms with E-state index in [1.807, 2.05) is 5.38 Å². The van der Waals surface area contributed by atoms with Crippen LogP contribution < -0.4 is 5.56 Å². The van der Waals surface area contributed by atoms with Gasteiger partial charge in [-0.15, -0.1) is 11.3 Å². The molecule has 1 aromatic carbocycles. The van der Waals surface area contributed by atoms with Gasteiger partial charge in [0.15, 0.2) is 5.16 Å². The van der Waals surface area contributed by atoms with Crippen molar-refractivity contribution in [1.29, 1.82) is 0 Å². The first-order valence-electron chi connectivity index (χ1n) is 7.26. The third-order valence-corrected chi connectivity index (χ3v) is 5.51. The second-order valence-electron chi connectivity index (χ2n) is 5.77. The second-order valence-corrected chi connectivity index (χ2v) is 7.64. The monoisotopic (exact) mass is 330 g/mol. The van der Waals surface area contributed by atoms with Crippen molar-refractivity contribution in [2.45, 2.75) is 25.9 Å². The van der Waals surface area contributed by atoms with Crippen LogP contribution >= 0.6 is 23.1 Å². The molecule has 0 aliphatic rings. The van der Waals surface area contributed by atoms with Gasteiger partial charge in [0.1, 0.15) is 4.83 Å². The average molecular weight is 330 g/mol. The van der Waals surface area contributed by atoms with E-state index in [9.17, 15) is 4.79 Å². The summed E-state index contributed by atoms with van der Waals surface area (Å²) in [7, 11) is 0. The standard InChI is InChI=1S/C17H18N2OS2/c1-10(2)8-22-17-18-15(20)14-13(9-21-16(14)19-17)12-6-4-11(3)5-7-12/h4-7,9-10H,8H2,1-3H3,(H,18,19,20). The van der Waals surface area contributed by atoms with Gasteiger partial charge in [0.25, 0.3) is 5.56 Å². The van der Waals surface area contributed by atoms with Gasteiger partial charge in [-0.25, -0.2) is 4.98 Å². The van der Waals surface area contributed by atoms with Crippen molar-refractivity contribution in [2.24, 2.45) is 5.92 Å². The van der Waals surface area contributed by atoms with E-state index in [1.165, 1.54) is 16.9 Å². The minimum absolute atomic E-state index is 0.0481. The van der Waals surface area contributed by atoms with Gasteiger partial charge in [0.2, 0.25) is 0 Å². The van der Waals surface area contributed by atoms with Gasteiger partial charge in [-0.1, -0.05) is 55.4 Å². The average Bonchev–Trinajstić information content (AvgIpc) is 2.90. The molecule has 0 saturated carbocycles. The van der Waals surface area contributed by atoms with E-state index < -0.39 is 0 Å². The molecule has 22 heavy (non-hydrogen) atoms. The molecule has 2 aromatic heterocycles. The molecule has 0 atom stereocenters. The number of H-pyrrole nitrogens is 1. The summed E-state index contributed by atoms with van der Waals surface area (Å²) in [5.74, 6) is 1.52. The third kappa shape index (κ3) is 3.10. The summed E-state index contributed by atoms with van der Waals surface area (Å²) >= 11 is 3.14. The predicted octanol–water partition coefficient (Wildman–Crippen LogP) is 4.71. The Morgan fingerprint density at radius 2 is 2.00 bits per heavy atom. The molecular formula is C17H18N2OS2. The van der Waals surface area contributed by atoms with Crippen LogP contribution in [-0.2, 0) is 0 Å². The molecule has 114 valence electrons. The van der Waals surface area contributed by atoms with E-state index in [-0.39, 0.29) is 5.56 Å². The maximum Gasteiger partial charge on any atom is 0.260 e. The van der Waals surface area contributed by atoms with Crippen molar-refractivity contribution in [1.82, 2.24) is 9.97 Å². The molecular weight excluding hydrogens is 312 g/mol. The number of rotatable bonds is 4. The fourth-order valence-electron chi connectivity index (χ4n) is 2.19. The Hall–Kier alpha value is -1.59. The Labute approximate surface area is 137 Å². The van der Waals surface area contributed by atoms with Gasteiger partial charge in [-0.3, -0.25) is 4.79 Å². The van der Waals surface area contributed by atoms with Crippen LogP contribution in [0.3, 0.4) is 0 Å². The summed E-state index contributed by atoms with van der Waals surface area (Å²) in [6.07, 6.45) is 0. The van der Waals surface area contributed by atoms with Gasteiger partial charge in [-0.2, -0.15) is 0 Å². The Morgan fingerprint density at radius 3 is 2.68 bits per heavy atom. The number of fused-ring (bicyclic) bond motifs is 1. The van der Waals surface area contributed by atoms with Crippen LogP contribution in [0.2, 0.25) is 0 Å². The molecule has 0 radical (unpaired) electrons. The minimum Gasteiger partial charge on any atom is -0.301 e. The molecule has 5 heteroatoms. The van der Waals surface area contributed by atoms with Crippen LogP contribution in [0.4, 0.5) is 0 Å². The number of nitrogens with one attached hydrogen (secondary N) is 1. The molecule has 2 heterocycles. The molecule has 0 fully saturated rings. The first kappa shape index (κ1) is 15.3. The Kier molecular flexibility index (Phi) is 4.36. The van der Waals surface area contributed by atoms with Gasteiger partial charge in [0.05, 0.1) is 5.39 Å². The SMILES string of the molecule is Cc1ccc(-c2csc3nc(SCC(C)C)[nH]c(=O)c23)cc1. The second kappa shape index (κ2) is 6.26.